The van der Waals surface area contributed by atoms with Crippen molar-refractivity contribution in [2.24, 2.45) is 5.92 Å². The Bertz CT molecular complexity index is 1380. The van der Waals surface area contributed by atoms with Gasteiger partial charge in [-0.1, -0.05) is 85.6 Å². The topological polar surface area (TPSA) is 114 Å². The van der Waals surface area contributed by atoms with Gasteiger partial charge in [-0.25, -0.2) is 0 Å². The summed E-state index contributed by atoms with van der Waals surface area (Å²) in [5, 5.41) is 18.1. The van der Waals surface area contributed by atoms with Crippen LogP contribution in [0.1, 0.15) is 45.1 Å². The molecule has 3 aromatic rings. The van der Waals surface area contributed by atoms with E-state index in [1.165, 1.54) is 0 Å². The minimum atomic E-state index is -1.33. The molecule has 0 spiro atoms. The molecule has 1 unspecified atom stereocenters. The van der Waals surface area contributed by atoms with E-state index in [-0.39, 0.29) is 21.7 Å². The van der Waals surface area contributed by atoms with E-state index in [4.69, 9.17) is 32.7 Å². The first-order valence-electron chi connectivity index (χ1n) is 13.6. The number of carbonyl (C=O) groups is 3. The maximum atomic E-state index is 13.7. The number of aliphatic carboxylic acids is 1. The van der Waals surface area contributed by atoms with Gasteiger partial charge in [0.1, 0.15) is 18.4 Å². The Labute approximate surface area is 249 Å². The van der Waals surface area contributed by atoms with E-state index in [9.17, 15) is 19.5 Å². The van der Waals surface area contributed by atoms with Gasteiger partial charge in [0.25, 0.3) is 0 Å². The van der Waals surface area contributed by atoms with Crippen LogP contribution >= 0.6 is 23.2 Å². The lowest BCUT2D eigenvalue weighted by Gasteiger charge is -2.42. The molecule has 1 saturated heterocycles. The van der Waals surface area contributed by atoms with Crippen molar-refractivity contribution in [3.63, 3.8) is 0 Å². The van der Waals surface area contributed by atoms with Crippen molar-refractivity contribution >= 4 is 51.6 Å². The number of fused-ring (bicyclic) bond motifs is 1. The molecule has 1 aliphatic rings. The number of amides is 1. The Balaban J connectivity index is 1.57. The van der Waals surface area contributed by atoms with Gasteiger partial charge in [-0.3, -0.25) is 19.7 Å². The summed E-state index contributed by atoms with van der Waals surface area (Å²) in [7, 11) is 0. The highest BCUT2D eigenvalue weighted by atomic mass is 35.5. The standard InChI is InChI=1S/C31H34Cl2N2O6/c1-19(2)28(35-31(15-5-6-16-41-31)22-12-7-10-20-9-3-4-11-21(20)22)30(39)34-25(17-27(37)38)26(36)18-40-29-23(32)13-8-14-24(29)33/h3-4,7-14,19,25,28,35H,5-6,15-18H2,1-2H3,(H,34,39)(H,37,38)/t25-,28-,31?/m0/s1. The average molecular weight is 602 g/mol. The molecule has 4 rings (SSSR count). The van der Waals surface area contributed by atoms with Crippen LogP contribution in [-0.2, 0) is 24.8 Å². The molecule has 1 amide bonds. The second kappa shape index (κ2) is 13.7. The molecular weight excluding hydrogens is 567 g/mol. The van der Waals surface area contributed by atoms with Crippen LogP contribution < -0.4 is 15.4 Å². The minimum Gasteiger partial charge on any atom is -0.483 e. The summed E-state index contributed by atoms with van der Waals surface area (Å²) in [4.78, 5) is 38.4. The third-order valence-corrected chi connectivity index (χ3v) is 7.79. The number of nitrogens with one attached hydrogen (secondary N) is 2. The summed E-state index contributed by atoms with van der Waals surface area (Å²) in [5.74, 6) is -2.48. The number of para-hydroxylation sites is 1. The highest BCUT2D eigenvalue weighted by Gasteiger charge is 2.41. The fourth-order valence-corrected chi connectivity index (χ4v) is 5.61. The van der Waals surface area contributed by atoms with E-state index in [0.717, 1.165) is 29.2 Å². The molecule has 0 aromatic heterocycles. The number of ketones is 1. The summed E-state index contributed by atoms with van der Waals surface area (Å²) in [5.41, 5.74) is -0.0151. The molecular formula is C31H34Cl2N2O6. The molecule has 3 aromatic carbocycles. The first-order valence-corrected chi connectivity index (χ1v) is 14.4. The van der Waals surface area contributed by atoms with Crippen LogP contribution in [0.5, 0.6) is 5.75 Å². The van der Waals surface area contributed by atoms with Crippen LogP contribution in [0.25, 0.3) is 10.8 Å². The Hall–Kier alpha value is -3.17. The summed E-state index contributed by atoms with van der Waals surface area (Å²) in [6.07, 6.45) is 1.82. The van der Waals surface area contributed by atoms with Gasteiger partial charge in [0, 0.05) is 12.2 Å². The predicted octanol–water partition coefficient (Wildman–Crippen LogP) is 5.72. The Morgan fingerprint density at radius 3 is 2.34 bits per heavy atom. The second-order valence-electron chi connectivity index (χ2n) is 10.5. The highest BCUT2D eigenvalue weighted by molar-refractivity contribution is 6.37. The van der Waals surface area contributed by atoms with Crippen LogP contribution in [-0.4, -0.2) is 48.1 Å². The first-order chi connectivity index (χ1) is 19.6. The summed E-state index contributed by atoms with van der Waals surface area (Å²) < 4.78 is 11.9. The lowest BCUT2D eigenvalue weighted by atomic mass is 9.88. The van der Waals surface area contributed by atoms with Crippen LogP contribution in [0, 0.1) is 5.92 Å². The van der Waals surface area contributed by atoms with Gasteiger partial charge in [0.15, 0.2) is 11.5 Å². The van der Waals surface area contributed by atoms with Crippen LogP contribution in [0.2, 0.25) is 10.0 Å². The van der Waals surface area contributed by atoms with E-state index < -0.39 is 48.5 Å². The average Bonchev–Trinajstić information content (AvgIpc) is 2.95. The van der Waals surface area contributed by atoms with Gasteiger partial charge in [-0.15, -0.1) is 0 Å². The first kappa shape index (κ1) is 30.8. The molecule has 3 N–H and O–H groups in total. The quantitative estimate of drug-likeness (QED) is 0.243. The van der Waals surface area contributed by atoms with Gasteiger partial charge in [0.2, 0.25) is 5.91 Å². The maximum absolute atomic E-state index is 13.7. The molecule has 1 heterocycles. The lowest BCUT2D eigenvalue weighted by Crippen LogP contribution is -2.60. The highest BCUT2D eigenvalue weighted by Crippen LogP contribution is 2.38. The zero-order valence-electron chi connectivity index (χ0n) is 23.0. The van der Waals surface area contributed by atoms with Crippen molar-refractivity contribution in [2.75, 3.05) is 13.2 Å². The monoisotopic (exact) mass is 600 g/mol. The van der Waals surface area contributed by atoms with Crippen molar-refractivity contribution in [1.29, 1.82) is 0 Å². The normalized spacial score (nSPS) is 18.6. The summed E-state index contributed by atoms with van der Waals surface area (Å²) in [6, 6.07) is 16.6. The fraction of sp³-hybridized carbons (Fsp3) is 0.387. The van der Waals surface area contributed by atoms with Gasteiger partial charge >= 0.3 is 5.97 Å². The third-order valence-electron chi connectivity index (χ3n) is 7.20. The molecule has 218 valence electrons. The predicted molar refractivity (Wildman–Crippen MR) is 158 cm³/mol. The molecule has 10 heteroatoms. The van der Waals surface area contributed by atoms with Crippen LogP contribution in [0.15, 0.2) is 60.7 Å². The van der Waals surface area contributed by atoms with Crippen LogP contribution in [0.4, 0.5) is 0 Å². The van der Waals surface area contributed by atoms with Gasteiger partial charge in [-0.2, -0.15) is 0 Å². The molecule has 3 atom stereocenters. The maximum Gasteiger partial charge on any atom is 0.305 e. The summed E-state index contributed by atoms with van der Waals surface area (Å²) >= 11 is 12.3. The molecule has 0 aliphatic carbocycles. The second-order valence-corrected chi connectivity index (χ2v) is 11.3. The van der Waals surface area contributed by atoms with Crippen molar-refractivity contribution in [3.05, 3.63) is 76.3 Å². The van der Waals surface area contributed by atoms with Crippen molar-refractivity contribution in [2.45, 2.75) is 57.3 Å². The molecule has 8 nitrogen and oxygen atoms in total. The number of hydrogen-bond acceptors (Lipinski definition) is 6. The smallest absolute Gasteiger partial charge is 0.305 e. The number of carbonyl (C=O) groups excluding carboxylic acids is 2. The number of hydrogen-bond donors (Lipinski definition) is 3. The molecule has 1 aliphatic heterocycles. The van der Waals surface area contributed by atoms with E-state index in [1.807, 2.05) is 56.3 Å². The van der Waals surface area contributed by atoms with Crippen LogP contribution in [0.3, 0.4) is 0 Å². The molecule has 41 heavy (non-hydrogen) atoms. The number of benzene rings is 3. The summed E-state index contributed by atoms with van der Waals surface area (Å²) in [6.45, 7) is 3.76. The Kier molecular flexibility index (Phi) is 10.3. The van der Waals surface area contributed by atoms with E-state index >= 15 is 0 Å². The van der Waals surface area contributed by atoms with Crippen molar-refractivity contribution in [3.8, 4) is 5.75 Å². The zero-order valence-corrected chi connectivity index (χ0v) is 24.5. The Morgan fingerprint density at radius 2 is 1.68 bits per heavy atom. The third kappa shape index (κ3) is 7.38. The number of carboxylic acid groups (broad SMARTS) is 1. The van der Waals surface area contributed by atoms with Crippen molar-refractivity contribution in [1.82, 2.24) is 10.6 Å². The van der Waals surface area contributed by atoms with Gasteiger partial charge in [0.05, 0.1) is 22.5 Å². The number of carboxylic acids is 1. The fourth-order valence-electron chi connectivity index (χ4n) is 5.11. The molecule has 0 bridgehead atoms. The number of Topliss-reactive ketones (excluding diaryl/α,β-unsaturated/α-hetero) is 1. The number of ether oxygens (including phenoxy) is 2. The largest absolute Gasteiger partial charge is 0.483 e. The van der Waals surface area contributed by atoms with E-state index in [0.29, 0.717) is 13.0 Å². The molecule has 1 fully saturated rings. The zero-order chi connectivity index (χ0) is 29.6. The van der Waals surface area contributed by atoms with E-state index in [1.54, 1.807) is 18.2 Å². The molecule has 0 radical (unpaired) electrons. The lowest BCUT2D eigenvalue weighted by molar-refractivity contribution is -0.143. The van der Waals surface area contributed by atoms with Gasteiger partial charge in [-0.05, 0) is 48.1 Å². The van der Waals surface area contributed by atoms with Crippen molar-refractivity contribution < 1.29 is 29.0 Å². The van der Waals surface area contributed by atoms with E-state index in [2.05, 4.69) is 10.6 Å². The minimum absolute atomic E-state index is 0.109. The SMILES string of the molecule is CC(C)[C@H](NC1(c2cccc3ccccc23)CCCCO1)C(=O)N[C@@H](CC(=O)O)C(=O)COc1c(Cl)cccc1Cl. The number of halogens is 2. The Morgan fingerprint density at radius 1 is 1.00 bits per heavy atom. The van der Waals surface area contributed by atoms with Gasteiger partial charge < -0.3 is 19.9 Å². The number of rotatable bonds is 12. The molecule has 0 saturated carbocycles.